The Morgan fingerprint density at radius 3 is 1.90 bits per heavy atom. The molecule has 2 rings (SSSR count). The van der Waals surface area contributed by atoms with Crippen molar-refractivity contribution < 1.29 is 9.47 Å². The number of benzene rings is 1. The maximum absolute atomic E-state index is 6.10. The summed E-state index contributed by atoms with van der Waals surface area (Å²) in [5.74, 6) is 1.65. The molecular weight excluding hydrogens is 465 g/mol. The van der Waals surface area contributed by atoms with Gasteiger partial charge in [0.2, 0.25) is 0 Å². The number of rotatable bonds is 14. The van der Waals surface area contributed by atoms with E-state index in [0.717, 1.165) is 17.2 Å². The second kappa shape index (κ2) is 13.1. The molecule has 0 atom stereocenters. The predicted octanol–water partition coefficient (Wildman–Crippen LogP) is 6.73. The van der Waals surface area contributed by atoms with E-state index in [1.54, 1.807) is 7.11 Å². The first-order valence-corrected chi connectivity index (χ1v) is 18.9. The van der Waals surface area contributed by atoms with Crippen molar-refractivity contribution in [2.45, 2.75) is 79.2 Å². The van der Waals surface area contributed by atoms with Crippen molar-refractivity contribution in [3.05, 3.63) is 48.0 Å². The van der Waals surface area contributed by atoms with Crippen LogP contribution >= 0.6 is 0 Å². The maximum atomic E-state index is 6.10. The van der Waals surface area contributed by atoms with Crippen molar-refractivity contribution >= 4 is 22.1 Å². The van der Waals surface area contributed by atoms with E-state index in [9.17, 15) is 0 Å². The average molecular weight is 504 g/mol. The van der Waals surface area contributed by atoms with Gasteiger partial charge in [-0.15, -0.1) is 0 Å². The fraction of sp³-hybridized carbons (Fsp3) is 0.560. The topological polar surface area (TPSA) is 31.4 Å². The quantitative estimate of drug-likeness (QED) is 0.268. The minimum absolute atomic E-state index is 0.543. The van der Waals surface area contributed by atoms with Crippen LogP contribution in [0.5, 0.6) is 11.6 Å². The van der Waals surface area contributed by atoms with Crippen molar-refractivity contribution in [2.75, 3.05) is 7.11 Å². The van der Waals surface area contributed by atoms with E-state index in [4.69, 9.17) is 14.5 Å². The number of unbranched alkanes of at least 4 members (excludes halogenated alkanes) is 3. The Hall–Kier alpha value is -1.23. The van der Waals surface area contributed by atoms with Gasteiger partial charge < -0.3 is 0 Å². The van der Waals surface area contributed by atoms with Crippen LogP contribution in [0, 0.1) is 0 Å². The van der Waals surface area contributed by atoms with Crippen LogP contribution in [-0.2, 0) is 6.61 Å². The third-order valence-corrected chi connectivity index (χ3v) is 21.0. The summed E-state index contributed by atoms with van der Waals surface area (Å²) in [4.78, 5) is 5.10. The molecule has 1 heterocycles. The van der Waals surface area contributed by atoms with Crippen molar-refractivity contribution in [3.8, 4) is 11.6 Å². The van der Waals surface area contributed by atoms with Crippen LogP contribution in [0.4, 0.5) is 0 Å². The van der Waals surface area contributed by atoms with Gasteiger partial charge >= 0.3 is 183 Å². The van der Waals surface area contributed by atoms with Crippen molar-refractivity contribution in [1.29, 1.82) is 0 Å². The zero-order valence-corrected chi connectivity index (χ0v) is 21.7. The van der Waals surface area contributed by atoms with Gasteiger partial charge in [-0.25, -0.2) is 0 Å². The fourth-order valence-electron chi connectivity index (χ4n) is 3.97. The second-order valence-corrected chi connectivity index (χ2v) is 21.1. The summed E-state index contributed by atoms with van der Waals surface area (Å²) in [5, 5.41) is 0. The molecule has 0 amide bonds. The molecule has 0 unspecified atom stereocenters. The first-order valence-electron chi connectivity index (χ1n) is 11.4. The zero-order valence-electron chi connectivity index (χ0n) is 18.9. The van der Waals surface area contributed by atoms with Crippen LogP contribution in [-0.4, -0.2) is 30.5 Å². The molecule has 0 fully saturated rings. The normalized spacial score (nSPS) is 11.4. The molecular formula is C25H39NO2Sn. The Kier molecular flexibility index (Phi) is 10.9. The van der Waals surface area contributed by atoms with Crippen LogP contribution in [0.25, 0.3) is 0 Å². The van der Waals surface area contributed by atoms with Crippen molar-refractivity contribution in [2.24, 2.45) is 0 Å². The molecule has 0 aliphatic heterocycles. The van der Waals surface area contributed by atoms with Gasteiger partial charge in [-0.3, -0.25) is 0 Å². The van der Waals surface area contributed by atoms with Crippen molar-refractivity contribution in [1.82, 2.24) is 4.98 Å². The predicted molar refractivity (Wildman–Crippen MR) is 126 cm³/mol. The first-order chi connectivity index (χ1) is 14.2. The monoisotopic (exact) mass is 505 g/mol. The standard InChI is InChI=1S/C13H12NO2.3C4H9.Sn/c1-15-12-7-5-11(6-8-12)10-16-13-4-2-3-9-14-13;3*1-3-4-2;/h2-8H,10H2,1H3;3*1,3-4H2,2H3;. The van der Waals surface area contributed by atoms with E-state index in [0.29, 0.717) is 6.61 Å². The van der Waals surface area contributed by atoms with E-state index in [1.807, 2.05) is 18.2 Å². The van der Waals surface area contributed by atoms with Crippen LogP contribution in [0.15, 0.2) is 42.5 Å². The SMILES string of the molecule is CCC[CH2][Sn]([CH2]CCC)([CH2]CCC)[c]1cccc(OCc2ccc(OC)cc2)n1. The van der Waals surface area contributed by atoms with Crippen LogP contribution < -0.4 is 13.2 Å². The molecule has 4 heteroatoms. The van der Waals surface area contributed by atoms with Gasteiger partial charge in [-0.2, -0.15) is 0 Å². The molecule has 1 aromatic carbocycles. The summed E-state index contributed by atoms with van der Waals surface area (Å²) in [7, 11) is 1.69. The van der Waals surface area contributed by atoms with E-state index in [1.165, 1.54) is 55.5 Å². The molecule has 0 aliphatic carbocycles. The van der Waals surface area contributed by atoms with Crippen LogP contribution in [0.1, 0.15) is 64.9 Å². The molecule has 0 spiro atoms. The van der Waals surface area contributed by atoms with E-state index >= 15 is 0 Å². The van der Waals surface area contributed by atoms with Gasteiger partial charge in [0.1, 0.15) is 0 Å². The zero-order chi connectivity index (χ0) is 21.0. The summed E-state index contributed by atoms with van der Waals surface area (Å²) in [6.07, 6.45) is 7.89. The molecule has 0 radical (unpaired) electrons. The molecule has 0 bridgehead atoms. The Morgan fingerprint density at radius 2 is 1.38 bits per heavy atom. The Labute approximate surface area is 182 Å². The van der Waals surface area contributed by atoms with E-state index in [2.05, 4.69) is 45.0 Å². The first kappa shape index (κ1) is 24.0. The fourth-order valence-corrected chi connectivity index (χ4v) is 19.4. The second-order valence-electron chi connectivity index (χ2n) is 8.09. The molecule has 2 aromatic rings. The summed E-state index contributed by atoms with van der Waals surface area (Å²) in [6, 6.07) is 14.6. The van der Waals surface area contributed by atoms with Gasteiger partial charge in [-0.05, 0) is 0 Å². The van der Waals surface area contributed by atoms with Gasteiger partial charge in [0.05, 0.1) is 0 Å². The summed E-state index contributed by atoms with van der Waals surface area (Å²) in [5.41, 5.74) is 1.13. The van der Waals surface area contributed by atoms with Gasteiger partial charge in [0.15, 0.2) is 0 Å². The summed E-state index contributed by atoms with van der Waals surface area (Å²) >= 11 is -2.50. The number of methoxy groups -OCH3 is 1. The number of nitrogens with zero attached hydrogens (tertiary/aromatic N) is 1. The van der Waals surface area contributed by atoms with E-state index in [-0.39, 0.29) is 0 Å². The molecule has 29 heavy (non-hydrogen) atoms. The van der Waals surface area contributed by atoms with Gasteiger partial charge in [-0.1, -0.05) is 0 Å². The summed E-state index contributed by atoms with van der Waals surface area (Å²) < 4.78 is 17.1. The summed E-state index contributed by atoms with van der Waals surface area (Å²) in [6.45, 7) is 7.50. The molecule has 1 aromatic heterocycles. The Bertz CT molecular complexity index is 680. The number of aromatic nitrogens is 1. The Balaban J connectivity index is 2.19. The Morgan fingerprint density at radius 1 is 0.793 bits per heavy atom. The van der Waals surface area contributed by atoms with Crippen LogP contribution in [0.3, 0.4) is 0 Å². The molecule has 3 nitrogen and oxygen atoms in total. The average Bonchev–Trinajstić information content (AvgIpc) is 2.78. The third kappa shape index (κ3) is 7.51. The minimum atomic E-state index is -2.50. The van der Waals surface area contributed by atoms with E-state index < -0.39 is 18.4 Å². The number of pyridine rings is 1. The molecule has 160 valence electrons. The molecule has 0 saturated carbocycles. The number of hydrogen-bond acceptors (Lipinski definition) is 3. The van der Waals surface area contributed by atoms with Crippen LogP contribution in [0.2, 0.25) is 13.3 Å². The van der Waals surface area contributed by atoms with Gasteiger partial charge in [0.25, 0.3) is 0 Å². The molecule has 0 saturated heterocycles. The van der Waals surface area contributed by atoms with Crippen molar-refractivity contribution in [3.63, 3.8) is 0 Å². The molecule has 0 N–H and O–H groups in total. The third-order valence-electron chi connectivity index (χ3n) is 5.84. The van der Waals surface area contributed by atoms with Gasteiger partial charge in [0, 0.05) is 0 Å². The number of hydrogen-bond donors (Lipinski definition) is 0. The molecule has 0 aliphatic rings. The number of ether oxygens (including phenoxy) is 2.